The highest BCUT2D eigenvalue weighted by molar-refractivity contribution is 5.75. The lowest BCUT2D eigenvalue weighted by Crippen LogP contribution is -2.40. The molecule has 0 saturated carbocycles. The molecule has 1 aromatic rings. The number of nitrogens with zero attached hydrogens (tertiary/aromatic N) is 4. The molecule has 2 rings (SSSR count). The SMILES string of the molecule is CC[C@H]1O[C@@H](n2ccc(=O)[nH]c2=O)[C@@H](OCCNC(=O)CCCCCN=[N+]=[N-])C1O. The van der Waals surface area contributed by atoms with Crippen LogP contribution >= 0.6 is 0 Å². The quantitative estimate of drug-likeness (QED) is 0.192. The smallest absolute Gasteiger partial charge is 0.330 e. The Kier molecular flexibility index (Phi) is 9.55. The van der Waals surface area contributed by atoms with Crippen LogP contribution in [0, 0.1) is 0 Å². The lowest BCUT2D eigenvalue weighted by Gasteiger charge is -2.22. The summed E-state index contributed by atoms with van der Waals surface area (Å²) in [7, 11) is 0. The number of amides is 1. The number of carbonyl (C=O) groups is 1. The van der Waals surface area contributed by atoms with Crippen LogP contribution in [-0.4, -0.2) is 58.6 Å². The van der Waals surface area contributed by atoms with Crippen molar-refractivity contribution in [1.82, 2.24) is 14.9 Å². The number of aliphatic hydroxyl groups is 1. The largest absolute Gasteiger partial charge is 0.388 e. The van der Waals surface area contributed by atoms with E-state index in [1.807, 2.05) is 6.92 Å². The van der Waals surface area contributed by atoms with E-state index in [-0.39, 0.29) is 19.1 Å². The number of unbranched alkanes of at least 4 members (excludes halogenated alkanes) is 2. The van der Waals surface area contributed by atoms with Gasteiger partial charge >= 0.3 is 5.69 Å². The Hall–Kier alpha value is -2.66. The first kappa shape index (κ1) is 23.6. The minimum absolute atomic E-state index is 0.120. The van der Waals surface area contributed by atoms with Gasteiger partial charge in [-0.1, -0.05) is 18.5 Å². The average Bonchev–Trinajstić information content (AvgIpc) is 3.03. The summed E-state index contributed by atoms with van der Waals surface area (Å²) in [6, 6.07) is 1.19. The molecule has 1 unspecified atom stereocenters. The van der Waals surface area contributed by atoms with Crippen LogP contribution < -0.4 is 16.6 Å². The summed E-state index contributed by atoms with van der Waals surface area (Å²) in [6.45, 7) is 2.63. The van der Waals surface area contributed by atoms with Crippen molar-refractivity contribution >= 4 is 5.91 Å². The Morgan fingerprint density at radius 1 is 1.43 bits per heavy atom. The minimum atomic E-state index is -0.953. The van der Waals surface area contributed by atoms with Gasteiger partial charge in [-0.05, 0) is 24.8 Å². The molecule has 4 atom stereocenters. The summed E-state index contributed by atoms with van der Waals surface area (Å²) < 4.78 is 12.7. The van der Waals surface area contributed by atoms with E-state index in [1.54, 1.807) is 0 Å². The van der Waals surface area contributed by atoms with Crippen LogP contribution in [0.15, 0.2) is 27.0 Å². The molecule has 2 heterocycles. The van der Waals surface area contributed by atoms with Crippen LogP contribution in [0.2, 0.25) is 0 Å². The van der Waals surface area contributed by atoms with Gasteiger partial charge in [0.1, 0.15) is 12.2 Å². The molecule has 1 aliphatic heterocycles. The second-order valence-corrected chi connectivity index (χ2v) is 6.93. The summed E-state index contributed by atoms with van der Waals surface area (Å²) in [4.78, 5) is 40.1. The van der Waals surface area contributed by atoms with Crippen molar-refractivity contribution in [3.8, 4) is 0 Å². The molecule has 1 aromatic heterocycles. The van der Waals surface area contributed by atoms with Crippen molar-refractivity contribution < 1.29 is 19.4 Å². The zero-order chi connectivity index (χ0) is 21.9. The number of aromatic nitrogens is 2. The van der Waals surface area contributed by atoms with E-state index in [0.717, 1.165) is 12.8 Å². The normalized spacial score (nSPS) is 23.1. The zero-order valence-electron chi connectivity index (χ0n) is 16.9. The van der Waals surface area contributed by atoms with Crippen LogP contribution in [0.1, 0.15) is 45.3 Å². The van der Waals surface area contributed by atoms with Gasteiger partial charge in [0, 0.05) is 36.7 Å². The molecule has 1 saturated heterocycles. The van der Waals surface area contributed by atoms with Crippen LogP contribution in [0.3, 0.4) is 0 Å². The Labute approximate surface area is 172 Å². The van der Waals surface area contributed by atoms with Crippen LogP contribution in [-0.2, 0) is 14.3 Å². The number of H-pyrrole nitrogens is 1. The lowest BCUT2D eigenvalue weighted by atomic mass is 10.1. The number of rotatable bonds is 12. The van der Waals surface area contributed by atoms with Gasteiger partial charge in [-0.25, -0.2) is 4.79 Å². The van der Waals surface area contributed by atoms with Gasteiger partial charge in [0.2, 0.25) is 5.91 Å². The summed E-state index contributed by atoms with van der Waals surface area (Å²) in [6.07, 6.45) is 1.23. The highest BCUT2D eigenvalue weighted by Crippen LogP contribution is 2.32. The van der Waals surface area contributed by atoms with Crippen molar-refractivity contribution in [1.29, 1.82) is 0 Å². The summed E-state index contributed by atoms with van der Waals surface area (Å²) in [5.74, 6) is -0.120. The Morgan fingerprint density at radius 2 is 2.23 bits per heavy atom. The molecule has 0 radical (unpaired) electrons. The molecule has 0 aromatic carbocycles. The Bertz CT molecular complexity index is 848. The molecule has 0 aliphatic carbocycles. The predicted octanol–water partition coefficient (Wildman–Crippen LogP) is 0.577. The third kappa shape index (κ3) is 6.70. The van der Waals surface area contributed by atoms with E-state index in [0.29, 0.717) is 25.8 Å². The molecule has 1 fully saturated rings. The maximum absolute atomic E-state index is 12.1. The van der Waals surface area contributed by atoms with Gasteiger partial charge in [0.25, 0.3) is 5.56 Å². The maximum atomic E-state index is 12.1. The Balaban J connectivity index is 1.81. The fourth-order valence-electron chi connectivity index (χ4n) is 3.25. The number of ether oxygens (including phenoxy) is 2. The van der Waals surface area contributed by atoms with Gasteiger partial charge in [0.15, 0.2) is 6.23 Å². The van der Waals surface area contributed by atoms with Gasteiger partial charge in [-0.3, -0.25) is 19.1 Å². The minimum Gasteiger partial charge on any atom is -0.388 e. The van der Waals surface area contributed by atoms with Crippen LogP contribution in [0.5, 0.6) is 0 Å². The number of hydrogen-bond acceptors (Lipinski definition) is 7. The number of nitrogens with one attached hydrogen (secondary N) is 2. The second kappa shape index (κ2) is 12.1. The first-order valence-corrected chi connectivity index (χ1v) is 10.0. The van der Waals surface area contributed by atoms with Gasteiger partial charge in [0.05, 0.1) is 12.7 Å². The van der Waals surface area contributed by atoms with Gasteiger partial charge in [-0.2, -0.15) is 0 Å². The topological polar surface area (TPSA) is 171 Å². The van der Waals surface area contributed by atoms with Crippen molar-refractivity contribution in [2.45, 2.75) is 63.6 Å². The molecule has 3 N–H and O–H groups in total. The fraction of sp³-hybridized carbons (Fsp3) is 0.722. The van der Waals surface area contributed by atoms with E-state index in [2.05, 4.69) is 20.3 Å². The molecule has 30 heavy (non-hydrogen) atoms. The lowest BCUT2D eigenvalue weighted by molar-refractivity contribution is -0.122. The number of aliphatic hydroxyl groups excluding tert-OH is 1. The van der Waals surface area contributed by atoms with Crippen molar-refractivity contribution in [3.05, 3.63) is 43.5 Å². The standard InChI is InChI=1S/C18H28N6O6/c1-2-12-15(27)16(17(30-12)24-10-7-14(26)22-18(24)28)29-11-9-20-13(25)6-4-3-5-8-21-23-19/h7,10,12,15-17,27H,2-6,8-9,11H2,1H3,(H,20,25)(H,22,26,28)/t12-,15?,16+,17-/m1/s1. The number of carbonyl (C=O) groups excluding carboxylic acids is 1. The van der Waals surface area contributed by atoms with E-state index < -0.39 is 35.8 Å². The molecule has 12 heteroatoms. The molecule has 12 nitrogen and oxygen atoms in total. The summed E-state index contributed by atoms with van der Waals surface area (Å²) in [5.41, 5.74) is 7.01. The Morgan fingerprint density at radius 3 is 2.93 bits per heavy atom. The third-order valence-electron chi connectivity index (χ3n) is 4.80. The number of azide groups is 1. The molecule has 1 aliphatic rings. The van der Waals surface area contributed by atoms with Crippen LogP contribution in [0.25, 0.3) is 10.4 Å². The van der Waals surface area contributed by atoms with E-state index in [4.69, 9.17) is 15.0 Å². The van der Waals surface area contributed by atoms with Crippen molar-refractivity contribution in [2.75, 3.05) is 19.7 Å². The molecular formula is C18H28N6O6. The van der Waals surface area contributed by atoms with Crippen molar-refractivity contribution in [3.63, 3.8) is 0 Å². The number of aromatic amines is 1. The van der Waals surface area contributed by atoms with E-state index in [9.17, 15) is 19.5 Å². The molecule has 1 amide bonds. The molecular weight excluding hydrogens is 396 g/mol. The van der Waals surface area contributed by atoms with Crippen molar-refractivity contribution in [2.24, 2.45) is 5.11 Å². The molecule has 0 bridgehead atoms. The second-order valence-electron chi connectivity index (χ2n) is 6.93. The fourth-order valence-corrected chi connectivity index (χ4v) is 3.25. The molecule has 166 valence electrons. The van der Waals surface area contributed by atoms with E-state index >= 15 is 0 Å². The average molecular weight is 424 g/mol. The predicted molar refractivity (Wildman–Crippen MR) is 107 cm³/mol. The van der Waals surface area contributed by atoms with Crippen LogP contribution in [0.4, 0.5) is 0 Å². The highest BCUT2D eigenvalue weighted by atomic mass is 16.6. The summed E-state index contributed by atoms with van der Waals surface area (Å²) in [5, 5.41) is 16.7. The molecule has 0 spiro atoms. The monoisotopic (exact) mass is 424 g/mol. The first-order chi connectivity index (χ1) is 14.5. The zero-order valence-corrected chi connectivity index (χ0v) is 16.9. The summed E-state index contributed by atoms with van der Waals surface area (Å²) >= 11 is 0. The maximum Gasteiger partial charge on any atom is 0.330 e. The number of hydrogen-bond donors (Lipinski definition) is 3. The van der Waals surface area contributed by atoms with Gasteiger partial charge < -0.3 is 19.9 Å². The van der Waals surface area contributed by atoms with E-state index in [1.165, 1.54) is 16.8 Å². The highest BCUT2D eigenvalue weighted by Gasteiger charge is 2.45. The third-order valence-corrected chi connectivity index (χ3v) is 4.80. The first-order valence-electron chi connectivity index (χ1n) is 10.0. The van der Waals surface area contributed by atoms with Gasteiger partial charge in [-0.15, -0.1) is 0 Å².